The van der Waals surface area contributed by atoms with Gasteiger partial charge in [-0.2, -0.15) is 0 Å². The molecule has 1 aliphatic heterocycles. The molecule has 2 aromatic rings. The van der Waals surface area contributed by atoms with Gasteiger partial charge in [0.25, 0.3) is 0 Å². The number of fused-ring (bicyclic) bond motifs is 1. The molecule has 0 bridgehead atoms. The van der Waals surface area contributed by atoms with E-state index in [4.69, 9.17) is 4.98 Å². The molecule has 1 spiro atoms. The molecule has 2 heterocycles. The van der Waals surface area contributed by atoms with Crippen molar-refractivity contribution in [2.24, 2.45) is 11.3 Å². The van der Waals surface area contributed by atoms with Crippen molar-refractivity contribution >= 4 is 27.5 Å². The lowest BCUT2D eigenvalue weighted by atomic mass is 9.90. The average Bonchev–Trinajstić information content (AvgIpc) is 3.29. The first-order valence-electron chi connectivity index (χ1n) is 11.2. The minimum atomic E-state index is 0.257. The van der Waals surface area contributed by atoms with E-state index in [-0.39, 0.29) is 11.3 Å². The summed E-state index contributed by atoms with van der Waals surface area (Å²) < 4.78 is 1.28. The maximum atomic E-state index is 12.6. The van der Waals surface area contributed by atoms with Gasteiger partial charge in [-0.25, -0.2) is 4.98 Å². The quantitative estimate of drug-likeness (QED) is 0.690. The van der Waals surface area contributed by atoms with E-state index in [1.165, 1.54) is 35.4 Å². The minimum absolute atomic E-state index is 0.257. The van der Waals surface area contributed by atoms with Gasteiger partial charge in [-0.1, -0.05) is 23.8 Å². The predicted molar refractivity (Wildman–Crippen MR) is 119 cm³/mol. The van der Waals surface area contributed by atoms with Crippen LogP contribution in [0.1, 0.15) is 56.4 Å². The van der Waals surface area contributed by atoms with Crippen LogP contribution in [-0.2, 0) is 11.3 Å². The first-order chi connectivity index (χ1) is 14.2. The smallest absolute Gasteiger partial charge is 0.223 e. The normalized spacial score (nSPS) is 23.9. The second-order valence-corrected chi connectivity index (χ2v) is 10.2. The number of benzene rings is 1. The second-order valence-electron chi connectivity index (χ2n) is 9.12. The molecule has 1 aromatic heterocycles. The molecule has 1 saturated heterocycles. The molecule has 1 saturated carbocycles. The van der Waals surface area contributed by atoms with Crippen molar-refractivity contribution in [2.45, 2.75) is 57.9 Å². The molecular weight excluding hydrogens is 378 g/mol. The number of carbonyl (C=O) groups is 1. The summed E-state index contributed by atoms with van der Waals surface area (Å²) in [4.78, 5) is 19.9. The number of carbonyl (C=O) groups excluding carboxylic acids is 1. The van der Waals surface area contributed by atoms with Gasteiger partial charge in [0.2, 0.25) is 5.91 Å². The summed E-state index contributed by atoms with van der Waals surface area (Å²) in [6.07, 6.45) is 11.9. The maximum absolute atomic E-state index is 12.6. The van der Waals surface area contributed by atoms with Gasteiger partial charge in [0.05, 0.1) is 16.8 Å². The zero-order chi connectivity index (χ0) is 19.7. The van der Waals surface area contributed by atoms with Crippen molar-refractivity contribution in [1.29, 1.82) is 0 Å². The van der Waals surface area contributed by atoms with E-state index in [1.807, 2.05) is 11.3 Å². The molecule has 4 nitrogen and oxygen atoms in total. The Bertz CT molecular complexity index is 877. The van der Waals surface area contributed by atoms with Crippen LogP contribution in [0, 0.1) is 11.3 Å². The van der Waals surface area contributed by atoms with Gasteiger partial charge in [0.15, 0.2) is 0 Å². The van der Waals surface area contributed by atoms with Crippen molar-refractivity contribution in [1.82, 2.24) is 15.2 Å². The first kappa shape index (κ1) is 19.3. The van der Waals surface area contributed by atoms with E-state index in [9.17, 15) is 4.79 Å². The third-order valence-corrected chi connectivity index (χ3v) is 8.21. The van der Waals surface area contributed by atoms with Crippen LogP contribution in [0.25, 0.3) is 10.2 Å². The summed E-state index contributed by atoms with van der Waals surface area (Å²) in [5.41, 5.74) is 2.95. The molecule has 5 heteroatoms. The molecule has 0 unspecified atom stereocenters. The number of thiazole rings is 1. The fourth-order valence-corrected chi connectivity index (χ4v) is 6.22. The molecule has 5 rings (SSSR count). The molecule has 1 amide bonds. The fraction of sp³-hybridized carbons (Fsp3) is 0.583. The number of hydrogen-bond acceptors (Lipinski definition) is 4. The maximum Gasteiger partial charge on any atom is 0.223 e. The number of aromatic nitrogens is 1. The van der Waals surface area contributed by atoms with Crippen LogP contribution in [0.15, 0.2) is 35.9 Å². The number of amides is 1. The molecule has 2 aliphatic carbocycles. The van der Waals surface area contributed by atoms with Crippen LogP contribution >= 0.6 is 11.3 Å². The number of piperidine rings is 1. The predicted octanol–water partition coefficient (Wildman–Crippen LogP) is 4.91. The van der Waals surface area contributed by atoms with Gasteiger partial charge in [-0.3, -0.25) is 9.69 Å². The highest BCUT2D eigenvalue weighted by Gasteiger charge is 2.58. The Morgan fingerprint density at radius 3 is 2.90 bits per heavy atom. The zero-order valence-corrected chi connectivity index (χ0v) is 18.0. The SMILES string of the molecule is O=C(NCCC1=CCCCC1)[C@@H]1CC12CCN(Cc1nc3ccccc3s1)CC2. The van der Waals surface area contributed by atoms with E-state index < -0.39 is 0 Å². The average molecular weight is 410 g/mol. The number of rotatable bonds is 6. The van der Waals surface area contributed by atoms with Crippen molar-refractivity contribution in [2.75, 3.05) is 19.6 Å². The van der Waals surface area contributed by atoms with Crippen molar-refractivity contribution in [3.63, 3.8) is 0 Å². The van der Waals surface area contributed by atoms with Crippen LogP contribution in [-0.4, -0.2) is 35.4 Å². The van der Waals surface area contributed by atoms with Crippen molar-refractivity contribution in [3.05, 3.63) is 40.9 Å². The van der Waals surface area contributed by atoms with Crippen molar-refractivity contribution in [3.8, 4) is 0 Å². The first-order valence-corrected chi connectivity index (χ1v) is 12.1. The van der Waals surface area contributed by atoms with Crippen LogP contribution < -0.4 is 5.32 Å². The molecular formula is C24H31N3OS. The van der Waals surface area contributed by atoms with Crippen molar-refractivity contribution < 1.29 is 4.79 Å². The summed E-state index contributed by atoms with van der Waals surface area (Å²) in [5, 5.41) is 4.44. The summed E-state index contributed by atoms with van der Waals surface area (Å²) in [6.45, 7) is 3.95. The summed E-state index contributed by atoms with van der Waals surface area (Å²) >= 11 is 1.81. The number of likely N-dealkylation sites (tertiary alicyclic amines) is 1. The Kier molecular flexibility index (Phi) is 5.44. The number of nitrogens with zero attached hydrogens (tertiary/aromatic N) is 2. The van der Waals surface area contributed by atoms with Crippen LogP contribution in [0.5, 0.6) is 0 Å². The Morgan fingerprint density at radius 1 is 1.24 bits per heavy atom. The lowest BCUT2D eigenvalue weighted by molar-refractivity contribution is -0.123. The Hall–Kier alpha value is -1.72. The molecule has 2 fully saturated rings. The number of para-hydroxylation sites is 1. The fourth-order valence-electron chi connectivity index (χ4n) is 5.21. The number of nitrogens with one attached hydrogen (secondary N) is 1. The van der Waals surface area contributed by atoms with Crippen LogP contribution in [0.4, 0.5) is 0 Å². The van der Waals surface area contributed by atoms with E-state index in [0.717, 1.165) is 57.4 Å². The standard InChI is InChI=1S/C24H31N3OS/c28-23(25-13-10-18-6-2-1-3-7-18)19-16-24(19)11-14-27(15-12-24)17-22-26-20-8-4-5-9-21(20)29-22/h4-6,8-9,19H,1-3,7,10-17H2,(H,25,28)/t19-/m0/s1. The zero-order valence-electron chi connectivity index (χ0n) is 17.2. The number of hydrogen-bond donors (Lipinski definition) is 1. The molecule has 1 N–H and O–H groups in total. The summed E-state index contributed by atoms with van der Waals surface area (Å²) in [6, 6.07) is 8.39. The molecule has 154 valence electrons. The largest absolute Gasteiger partial charge is 0.356 e. The van der Waals surface area contributed by atoms with E-state index in [0.29, 0.717) is 5.91 Å². The van der Waals surface area contributed by atoms with Gasteiger partial charge in [0, 0.05) is 12.5 Å². The molecule has 1 atom stereocenters. The Balaban J connectivity index is 1.07. The number of allylic oxidation sites excluding steroid dienone is 1. The van der Waals surface area contributed by atoms with Gasteiger partial charge in [-0.15, -0.1) is 11.3 Å². The topological polar surface area (TPSA) is 45.2 Å². The van der Waals surface area contributed by atoms with Gasteiger partial charge in [0.1, 0.15) is 5.01 Å². The molecule has 3 aliphatic rings. The Morgan fingerprint density at radius 2 is 2.10 bits per heavy atom. The van der Waals surface area contributed by atoms with E-state index in [1.54, 1.807) is 5.57 Å². The molecule has 0 radical (unpaired) electrons. The highest BCUT2D eigenvalue weighted by atomic mass is 32.1. The highest BCUT2D eigenvalue weighted by molar-refractivity contribution is 7.18. The minimum Gasteiger partial charge on any atom is -0.356 e. The second kappa shape index (κ2) is 8.19. The van der Waals surface area contributed by atoms with Gasteiger partial charge >= 0.3 is 0 Å². The van der Waals surface area contributed by atoms with Gasteiger partial charge < -0.3 is 5.32 Å². The lowest BCUT2D eigenvalue weighted by Crippen LogP contribution is -2.37. The monoisotopic (exact) mass is 409 g/mol. The summed E-state index contributed by atoms with van der Waals surface area (Å²) in [7, 11) is 0. The summed E-state index contributed by atoms with van der Waals surface area (Å²) in [5.74, 6) is 0.563. The molecule has 1 aromatic carbocycles. The van der Waals surface area contributed by atoms with Crippen LogP contribution in [0.2, 0.25) is 0 Å². The third-order valence-electron chi connectivity index (χ3n) is 7.19. The Labute approximate surface area is 177 Å². The third kappa shape index (κ3) is 4.26. The van der Waals surface area contributed by atoms with Gasteiger partial charge in [-0.05, 0) is 82.0 Å². The lowest BCUT2D eigenvalue weighted by Gasteiger charge is -2.32. The highest BCUT2D eigenvalue weighted by Crippen LogP contribution is 2.59. The van der Waals surface area contributed by atoms with E-state index in [2.05, 4.69) is 40.6 Å². The van der Waals surface area contributed by atoms with E-state index >= 15 is 0 Å². The van der Waals surface area contributed by atoms with Crippen LogP contribution in [0.3, 0.4) is 0 Å². The molecule has 29 heavy (non-hydrogen) atoms.